The summed E-state index contributed by atoms with van der Waals surface area (Å²) in [5.74, 6) is 0. The number of aliphatic hydroxyl groups excluding tert-OH is 1. The van der Waals surface area contributed by atoms with Gasteiger partial charge in [-0.3, -0.25) is 14.3 Å². The molecule has 0 bridgehead atoms. The van der Waals surface area contributed by atoms with Crippen LogP contribution in [-0.2, 0) is 14.2 Å². The predicted octanol–water partition coefficient (Wildman–Crippen LogP) is -0.509. The van der Waals surface area contributed by atoms with Crippen molar-refractivity contribution in [2.75, 3.05) is 27.4 Å². The highest BCUT2D eigenvalue weighted by Crippen LogP contribution is 2.29. The number of hydrogen-bond donors (Lipinski definition) is 2. The maximum atomic E-state index is 12.0. The third-order valence-corrected chi connectivity index (χ3v) is 3.52. The van der Waals surface area contributed by atoms with Crippen LogP contribution < -0.4 is 11.2 Å². The molecule has 0 amide bonds. The Morgan fingerprint density at radius 2 is 2.27 bits per heavy atom. The molecule has 2 N–H and O–H groups in total. The number of rotatable bonds is 6. The van der Waals surface area contributed by atoms with Gasteiger partial charge in [-0.05, 0) is 6.08 Å². The molecule has 1 aliphatic heterocycles. The van der Waals surface area contributed by atoms with E-state index < -0.39 is 17.5 Å². The fraction of sp³-hybridized carbons (Fsp3) is 0.571. The summed E-state index contributed by atoms with van der Waals surface area (Å²) in [7, 11) is 3.14. The second-order valence-electron chi connectivity index (χ2n) is 4.93. The lowest BCUT2D eigenvalue weighted by Crippen LogP contribution is -2.33. The van der Waals surface area contributed by atoms with Gasteiger partial charge < -0.3 is 19.3 Å². The van der Waals surface area contributed by atoms with Crippen molar-refractivity contribution in [2.24, 2.45) is 0 Å². The first-order valence-electron chi connectivity index (χ1n) is 6.90. The quantitative estimate of drug-likeness (QED) is 0.733. The van der Waals surface area contributed by atoms with Gasteiger partial charge in [-0.15, -0.1) is 0 Å². The second kappa shape index (κ2) is 7.50. The Labute approximate surface area is 126 Å². The van der Waals surface area contributed by atoms with Crippen LogP contribution in [-0.4, -0.2) is 54.3 Å². The van der Waals surface area contributed by atoms with Crippen molar-refractivity contribution in [1.82, 2.24) is 9.55 Å². The summed E-state index contributed by atoms with van der Waals surface area (Å²) in [5.41, 5.74) is -0.800. The van der Waals surface area contributed by atoms with Crippen LogP contribution in [0.3, 0.4) is 0 Å². The van der Waals surface area contributed by atoms with Gasteiger partial charge in [0.2, 0.25) is 0 Å². The normalized spacial score (nSPS) is 25.1. The van der Waals surface area contributed by atoms with Crippen molar-refractivity contribution in [3.8, 4) is 0 Å². The Morgan fingerprint density at radius 1 is 1.50 bits per heavy atom. The zero-order chi connectivity index (χ0) is 16.1. The van der Waals surface area contributed by atoms with E-state index >= 15 is 0 Å². The molecule has 8 heteroatoms. The molecule has 0 aliphatic carbocycles. The van der Waals surface area contributed by atoms with Crippen LogP contribution in [0.2, 0.25) is 0 Å². The van der Waals surface area contributed by atoms with E-state index in [2.05, 4.69) is 4.98 Å². The number of aromatic nitrogens is 2. The van der Waals surface area contributed by atoms with Gasteiger partial charge in [0, 0.05) is 26.8 Å². The van der Waals surface area contributed by atoms with Crippen LogP contribution in [0.25, 0.3) is 6.08 Å². The van der Waals surface area contributed by atoms with E-state index in [0.29, 0.717) is 13.0 Å². The highest BCUT2D eigenvalue weighted by atomic mass is 16.6. The molecule has 0 spiro atoms. The molecule has 122 valence electrons. The Morgan fingerprint density at radius 3 is 2.91 bits per heavy atom. The molecule has 1 saturated heterocycles. The van der Waals surface area contributed by atoms with Gasteiger partial charge in [0.1, 0.15) is 12.3 Å². The molecule has 3 atom stereocenters. The molecule has 0 aromatic carbocycles. The van der Waals surface area contributed by atoms with Gasteiger partial charge in [0.05, 0.1) is 24.9 Å². The Hall–Kier alpha value is -1.74. The summed E-state index contributed by atoms with van der Waals surface area (Å²) in [6.45, 7) is 0.157. The summed E-state index contributed by atoms with van der Waals surface area (Å²) in [6.07, 6.45) is 3.73. The minimum absolute atomic E-state index is 0.194. The average Bonchev–Trinajstić information content (AvgIpc) is 2.89. The maximum Gasteiger partial charge on any atom is 0.330 e. The van der Waals surface area contributed by atoms with Crippen LogP contribution >= 0.6 is 0 Å². The molecule has 1 aliphatic rings. The first kappa shape index (κ1) is 16.6. The molecule has 1 fully saturated rings. The van der Waals surface area contributed by atoms with Crippen LogP contribution in [0, 0.1) is 0 Å². The van der Waals surface area contributed by atoms with Crippen LogP contribution in [0.15, 0.2) is 21.9 Å². The van der Waals surface area contributed by atoms with Crippen molar-refractivity contribution in [2.45, 2.75) is 24.9 Å². The van der Waals surface area contributed by atoms with Crippen LogP contribution in [0.1, 0.15) is 18.2 Å². The van der Waals surface area contributed by atoms with E-state index in [0.717, 1.165) is 0 Å². The zero-order valence-corrected chi connectivity index (χ0v) is 12.5. The van der Waals surface area contributed by atoms with Crippen LogP contribution in [0.4, 0.5) is 0 Å². The van der Waals surface area contributed by atoms with Crippen molar-refractivity contribution < 1.29 is 19.3 Å². The number of aliphatic hydroxyl groups is 1. The summed E-state index contributed by atoms with van der Waals surface area (Å²) in [4.78, 5) is 25.9. The number of H-pyrrole nitrogens is 1. The third kappa shape index (κ3) is 3.53. The lowest BCUT2D eigenvalue weighted by Gasteiger charge is -2.16. The van der Waals surface area contributed by atoms with Crippen LogP contribution in [0.5, 0.6) is 0 Å². The predicted molar refractivity (Wildman–Crippen MR) is 78.6 cm³/mol. The van der Waals surface area contributed by atoms with Gasteiger partial charge in [0.15, 0.2) is 0 Å². The molecule has 8 nitrogen and oxygen atoms in total. The van der Waals surface area contributed by atoms with Crippen molar-refractivity contribution in [3.05, 3.63) is 38.7 Å². The first-order chi connectivity index (χ1) is 10.6. The smallest absolute Gasteiger partial charge is 0.330 e. The average molecular weight is 312 g/mol. The Kier molecular flexibility index (Phi) is 5.67. The SMILES string of the molecule is COC[C@H]1O[C@@H](n2cc(C=CCO)c(=O)[nH]c2=O)CC1OC. The number of nitrogens with one attached hydrogen (secondary N) is 1. The lowest BCUT2D eigenvalue weighted by molar-refractivity contribution is -0.0618. The topological polar surface area (TPSA) is 103 Å². The summed E-state index contributed by atoms with van der Waals surface area (Å²) in [5, 5.41) is 8.79. The van der Waals surface area contributed by atoms with Crippen molar-refractivity contribution in [1.29, 1.82) is 0 Å². The molecule has 22 heavy (non-hydrogen) atoms. The highest BCUT2D eigenvalue weighted by Gasteiger charge is 2.36. The van der Waals surface area contributed by atoms with Gasteiger partial charge in [-0.2, -0.15) is 0 Å². The third-order valence-electron chi connectivity index (χ3n) is 3.52. The van der Waals surface area contributed by atoms with Gasteiger partial charge in [-0.25, -0.2) is 4.79 Å². The number of aromatic amines is 1. The number of methoxy groups -OCH3 is 2. The highest BCUT2D eigenvalue weighted by molar-refractivity contribution is 5.46. The second-order valence-corrected chi connectivity index (χ2v) is 4.93. The molecule has 2 heterocycles. The minimum atomic E-state index is -0.552. The van der Waals surface area contributed by atoms with E-state index in [-0.39, 0.29) is 24.4 Å². The molecule has 1 unspecified atom stereocenters. The molecular formula is C14H20N2O6. The van der Waals surface area contributed by atoms with Crippen molar-refractivity contribution in [3.63, 3.8) is 0 Å². The van der Waals surface area contributed by atoms with Gasteiger partial charge >= 0.3 is 5.69 Å². The van der Waals surface area contributed by atoms with E-state index in [1.54, 1.807) is 14.2 Å². The van der Waals surface area contributed by atoms with E-state index in [9.17, 15) is 9.59 Å². The summed E-state index contributed by atoms with van der Waals surface area (Å²) >= 11 is 0. The van der Waals surface area contributed by atoms with Gasteiger partial charge in [0.25, 0.3) is 5.56 Å². The lowest BCUT2D eigenvalue weighted by atomic mass is 10.2. The zero-order valence-electron chi connectivity index (χ0n) is 12.5. The fourth-order valence-corrected chi connectivity index (χ4v) is 2.45. The van der Waals surface area contributed by atoms with E-state index in [4.69, 9.17) is 19.3 Å². The Balaban J connectivity index is 2.31. The van der Waals surface area contributed by atoms with Gasteiger partial charge in [-0.1, -0.05) is 6.08 Å². The molecule has 1 aromatic heterocycles. The minimum Gasteiger partial charge on any atom is -0.392 e. The number of nitrogens with zero attached hydrogens (tertiary/aromatic N) is 1. The monoisotopic (exact) mass is 312 g/mol. The fourth-order valence-electron chi connectivity index (χ4n) is 2.45. The number of ether oxygens (including phenoxy) is 3. The summed E-state index contributed by atoms with van der Waals surface area (Å²) in [6, 6.07) is 0. The molecule has 1 aromatic rings. The maximum absolute atomic E-state index is 12.0. The first-order valence-corrected chi connectivity index (χ1v) is 6.90. The largest absolute Gasteiger partial charge is 0.392 e. The molecule has 0 radical (unpaired) electrons. The van der Waals surface area contributed by atoms with E-state index in [1.807, 2.05) is 0 Å². The summed E-state index contributed by atoms with van der Waals surface area (Å²) < 4.78 is 17.5. The molecule has 0 saturated carbocycles. The molecule has 2 rings (SSSR count). The van der Waals surface area contributed by atoms with Crippen molar-refractivity contribution >= 4 is 6.08 Å². The standard InChI is InChI=1S/C14H20N2O6/c1-20-8-11-10(21-2)6-12(22-11)16-7-9(4-3-5-17)13(18)15-14(16)19/h3-4,7,10-12,17H,5-6,8H2,1-2H3,(H,15,18,19)/t10?,11-,12-/m1/s1. The number of hydrogen-bond acceptors (Lipinski definition) is 6. The Bertz CT molecular complexity index is 635. The molecular weight excluding hydrogens is 292 g/mol. The van der Waals surface area contributed by atoms with E-state index in [1.165, 1.54) is 22.9 Å².